The zero-order valence-electron chi connectivity index (χ0n) is 27.1. The van der Waals surface area contributed by atoms with Gasteiger partial charge >= 0.3 is 23.9 Å². The Morgan fingerprint density at radius 1 is 1.13 bits per heavy atom. The Kier molecular flexibility index (Phi) is 7.75. The number of Topliss-reactive ketones (excluding diaryl/α,β-unsaturated/α-hetero) is 1. The van der Waals surface area contributed by atoms with Gasteiger partial charge in [0.2, 0.25) is 5.60 Å². The number of allylic oxidation sites excluding steroid dienone is 1. The lowest BCUT2D eigenvalue weighted by Crippen LogP contribution is -2.80. The van der Waals surface area contributed by atoms with Crippen LogP contribution >= 0.6 is 0 Å². The van der Waals surface area contributed by atoms with Gasteiger partial charge in [-0.25, -0.2) is 9.59 Å². The van der Waals surface area contributed by atoms with Crippen molar-refractivity contribution in [1.29, 1.82) is 0 Å². The molecule has 3 fully saturated rings. The van der Waals surface area contributed by atoms with Gasteiger partial charge in [-0.3, -0.25) is 14.4 Å². The lowest BCUT2D eigenvalue weighted by molar-refractivity contribution is -0.278. The van der Waals surface area contributed by atoms with Crippen LogP contribution in [0.15, 0.2) is 46.3 Å². The molecule has 3 saturated carbocycles. The van der Waals surface area contributed by atoms with Gasteiger partial charge in [-0.15, -0.1) is 0 Å². The van der Waals surface area contributed by atoms with Crippen molar-refractivity contribution in [1.82, 2.24) is 0 Å². The summed E-state index contributed by atoms with van der Waals surface area (Å²) >= 11 is 0. The molecule has 2 heterocycles. The molecule has 0 spiro atoms. The van der Waals surface area contributed by atoms with E-state index in [9.17, 15) is 24.3 Å². The minimum atomic E-state index is -2.16. The first-order valence-electron chi connectivity index (χ1n) is 15.3. The molecule has 1 aromatic heterocycles. The highest BCUT2D eigenvalue weighted by Crippen LogP contribution is 2.72. The molecule has 11 nitrogen and oxygen atoms in total. The van der Waals surface area contributed by atoms with Crippen molar-refractivity contribution in [3.05, 3.63) is 47.5 Å². The van der Waals surface area contributed by atoms with Crippen LogP contribution in [0.4, 0.5) is 0 Å². The van der Waals surface area contributed by atoms with Crippen molar-refractivity contribution in [2.45, 2.75) is 97.6 Å². The molecular weight excluding hydrogens is 584 g/mol. The average Bonchev–Trinajstić information content (AvgIpc) is 3.50. The smallest absolute Gasteiger partial charge is 0.333 e. The molecule has 1 aliphatic heterocycles. The van der Waals surface area contributed by atoms with Gasteiger partial charge in [-0.05, 0) is 44.2 Å². The number of ether oxygens (including phenoxy) is 4. The van der Waals surface area contributed by atoms with Gasteiger partial charge in [-0.1, -0.05) is 33.8 Å². The van der Waals surface area contributed by atoms with E-state index in [1.165, 1.54) is 25.7 Å². The van der Waals surface area contributed by atoms with Gasteiger partial charge < -0.3 is 28.5 Å². The maximum absolute atomic E-state index is 15.1. The molecule has 45 heavy (non-hydrogen) atoms. The summed E-state index contributed by atoms with van der Waals surface area (Å²) in [5.74, 6) is -5.01. The van der Waals surface area contributed by atoms with Crippen LogP contribution in [0.25, 0.3) is 0 Å². The van der Waals surface area contributed by atoms with Crippen molar-refractivity contribution >= 4 is 29.7 Å². The van der Waals surface area contributed by atoms with Gasteiger partial charge in [0, 0.05) is 59.1 Å². The standard InChI is InChI=1S/C34H42O11/c1-9-18(2)27(38)44-29-30(4,5)22(14-24(36)41-8)32(7)21-10-12-31(6)23(15-25(37)43-26(31)20-11-13-42-16-20)33(21,40)17-34(29,28(32)39)45-19(3)35/h9,11,13,15-16,21-22,26,29,40H,10,12,14,17H2,1-8H3/b18-9-/t21?,22-,26-,29-,31+,32+,33+,34-/m0/s1. The number of carbonyl (C=O) groups excluding carboxylic acids is 5. The normalized spacial score (nSPS) is 38.6. The molecular formula is C34H42O11. The van der Waals surface area contributed by atoms with Crippen molar-refractivity contribution in [2.75, 3.05) is 7.11 Å². The van der Waals surface area contributed by atoms with E-state index in [4.69, 9.17) is 23.4 Å². The first-order chi connectivity index (χ1) is 20.9. The molecule has 244 valence electrons. The number of ketones is 1. The van der Waals surface area contributed by atoms with E-state index in [2.05, 4.69) is 0 Å². The molecule has 0 aromatic carbocycles. The summed E-state index contributed by atoms with van der Waals surface area (Å²) in [5.41, 5.74) is -6.46. The molecule has 11 heteroatoms. The average molecular weight is 627 g/mol. The van der Waals surface area contributed by atoms with Crippen LogP contribution in [0.1, 0.15) is 85.8 Å². The van der Waals surface area contributed by atoms with E-state index >= 15 is 4.79 Å². The molecule has 0 radical (unpaired) electrons. The van der Waals surface area contributed by atoms with Crippen LogP contribution in [0.3, 0.4) is 0 Å². The fourth-order valence-corrected chi connectivity index (χ4v) is 9.28. The highest BCUT2D eigenvalue weighted by atomic mass is 16.6. The first-order valence-corrected chi connectivity index (χ1v) is 15.3. The molecule has 2 bridgehead atoms. The summed E-state index contributed by atoms with van der Waals surface area (Å²) in [6.07, 6.45) is 3.58. The fraction of sp³-hybridized carbons (Fsp3) is 0.618. The number of furan rings is 1. The van der Waals surface area contributed by atoms with E-state index in [-0.39, 0.29) is 12.0 Å². The summed E-state index contributed by atoms with van der Waals surface area (Å²) in [5, 5.41) is 13.1. The largest absolute Gasteiger partial charge is 0.472 e. The highest BCUT2D eigenvalue weighted by molar-refractivity contribution is 5.99. The third kappa shape index (κ3) is 4.52. The van der Waals surface area contributed by atoms with Gasteiger partial charge in [-0.2, -0.15) is 0 Å². The molecule has 8 atom stereocenters. The summed E-state index contributed by atoms with van der Waals surface area (Å²) in [7, 11) is 1.25. The fourth-order valence-electron chi connectivity index (χ4n) is 9.28. The summed E-state index contributed by atoms with van der Waals surface area (Å²) in [4.78, 5) is 67.5. The van der Waals surface area contributed by atoms with E-state index < -0.39 is 87.6 Å². The van der Waals surface area contributed by atoms with E-state index in [0.717, 1.165) is 6.92 Å². The summed E-state index contributed by atoms with van der Waals surface area (Å²) in [6, 6.07) is 1.69. The monoisotopic (exact) mass is 626 g/mol. The highest BCUT2D eigenvalue weighted by Gasteiger charge is 2.80. The minimum absolute atomic E-state index is 0.235. The minimum Gasteiger partial charge on any atom is -0.472 e. The number of aliphatic hydroxyl groups is 1. The zero-order chi connectivity index (χ0) is 33.3. The molecule has 4 aliphatic rings. The van der Waals surface area contributed by atoms with Gasteiger partial charge in [0.1, 0.15) is 6.10 Å². The Morgan fingerprint density at radius 3 is 2.40 bits per heavy atom. The lowest BCUT2D eigenvalue weighted by atomic mass is 9.36. The van der Waals surface area contributed by atoms with Crippen LogP contribution in [0.2, 0.25) is 0 Å². The van der Waals surface area contributed by atoms with Crippen molar-refractivity contribution < 1.29 is 52.4 Å². The number of methoxy groups -OCH3 is 1. The topological polar surface area (TPSA) is 156 Å². The van der Waals surface area contributed by atoms with Crippen molar-refractivity contribution in [2.24, 2.45) is 28.1 Å². The van der Waals surface area contributed by atoms with Crippen LogP contribution in [0, 0.1) is 28.1 Å². The van der Waals surface area contributed by atoms with Crippen LogP contribution < -0.4 is 0 Å². The molecule has 1 unspecified atom stereocenters. The second-order valence-corrected chi connectivity index (χ2v) is 14.0. The Labute approximate surface area is 262 Å². The van der Waals surface area contributed by atoms with E-state index in [0.29, 0.717) is 24.0 Å². The van der Waals surface area contributed by atoms with Crippen LogP contribution in [0.5, 0.6) is 0 Å². The number of fused-ring (bicyclic) bond motifs is 6. The summed E-state index contributed by atoms with van der Waals surface area (Å²) in [6.45, 7) is 11.5. The third-order valence-corrected chi connectivity index (χ3v) is 11.3. The van der Waals surface area contributed by atoms with Gasteiger partial charge in [0.15, 0.2) is 11.9 Å². The Morgan fingerprint density at radius 2 is 1.82 bits per heavy atom. The number of carbonyl (C=O) groups is 5. The number of hydrogen-bond donors (Lipinski definition) is 1. The molecule has 5 rings (SSSR count). The molecule has 1 N–H and O–H groups in total. The number of cyclic esters (lactones) is 1. The number of rotatable bonds is 6. The second kappa shape index (κ2) is 10.7. The van der Waals surface area contributed by atoms with Gasteiger partial charge in [0.25, 0.3) is 0 Å². The molecule has 1 aromatic rings. The first kappa shape index (κ1) is 32.7. The third-order valence-electron chi connectivity index (χ3n) is 11.3. The van der Waals surface area contributed by atoms with Crippen molar-refractivity contribution in [3.8, 4) is 0 Å². The number of esters is 4. The Bertz CT molecular complexity index is 1500. The number of hydrogen-bond acceptors (Lipinski definition) is 11. The lowest BCUT2D eigenvalue weighted by Gasteiger charge is -2.70. The predicted molar refractivity (Wildman–Crippen MR) is 157 cm³/mol. The van der Waals surface area contributed by atoms with E-state index in [1.807, 2.05) is 6.92 Å². The van der Waals surface area contributed by atoms with Crippen molar-refractivity contribution in [3.63, 3.8) is 0 Å². The predicted octanol–water partition coefficient (Wildman–Crippen LogP) is 4.33. The molecule has 0 amide bonds. The quantitative estimate of drug-likeness (QED) is 0.272. The van der Waals surface area contributed by atoms with Crippen LogP contribution in [-0.2, 0) is 42.9 Å². The Hall–Kier alpha value is -3.73. The molecule has 3 aliphatic carbocycles. The Balaban J connectivity index is 1.79. The maximum Gasteiger partial charge on any atom is 0.333 e. The second-order valence-electron chi connectivity index (χ2n) is 14.0. The van der Waals surface area contributed by atoms with Gasteiger partial charge in [0.05, 0.1) is 25.2 Å². The summed E-state index contributed by atoms with van der Waals surface area (Å²) < 4.78 is 28.3. The zero-order valence-corrected chi connectivity index (χ0v) is 27.1. The van der Waals surface area contributed by atoms with E-state index in [1.54, 1.807) is 46.8 Å². The maximum atomic E-state index is 15.1. The van der Waals surface area contributed by atoms with Crippen LogP contribution in [-0.4, -0.2) is 59.2 Å². The molecule has 0 saturated heterocycles. The SMILES string of the molecule is C/C=C(/C)C(=O)O[C@H]1C(C)(C)[C@H](CC(=O)OC)[C@]2(C)C(=O)[C@@]1(OC(C)=O)C[C@]1(O)C3=CC(=O)O[C@@H](c4ccoc4)[C@]3(C)CCC12.